The Morgan fingerprint density at radius 3 is 2.38 bits per heavy atom. The average molecular weight is 340 g/mol. The minimum atomic E-state index is -1.60. The van der Waals surface area contributed by atoms with Gasteiger partial charge in [-0.25, -0.2) is 13.2 Å². The Morgan fingerprint density at radius 1 is 1.12 bits per heavy atom. The van der Waals surface area contributed by atoms with Gasteiger partial charge < -0.3 is 14.6 Å². The number of aliphatic hydroxyl groups excluding tert-OH is 1. The van der Waals surface area contributed by atoms with Crippen molar-refractivity contribution in [2.75, 3.05) is 13.7 Å². The van der Waals surface area contributed by atoms with Crippen LogP contribution in [0, 0.1) is 17.5 Å². The van der Waals surface area contributed by atoms with Gasteiger partial charge in [-0.2, -0.15) is 0 Å². The molecule has 4 nitrogen and oxygen atoms in total. The third-order valence-electron chi connectivity index (χ3n) is 3.30. The Bertz CT molecular complexity index is 714. The molecule has 1 N–H and O–H groups in total. The monoisotopic (exact) mass is 340 g/mol. The molecule has 0 amide bonds. The van der Waals surface area contributed by atoms with Crippen molar-refractivity contribution in [2.24, 2.45) is 0 Å². The summed E-state index contributed by atoms with van der Waals surface area (Å²) in [7, 11) is 1.22. The second kappa shape index (κ2) is 7.83. The van der Waals surface area contributed by atoms with E-state index in [-0.39, 0.29) is 12.2 Å². The molecule has 0 aromatic heterocycles. The number of rotatable bonds is 6. The van der Waals surface area contributed by atoms with Crippen LogP contribution in [-0.2, 0) is 16.0 Å². The summed E-state index contributed by atoms with van der Waals surface area (Å²) in [6, 6.07) is 6.97. The maximum Gasteiger partial charge on any atom is 0.309 e. The first-order valence-electron chi connectivity index (χ1n) is 7.02. The Hall–Kier alpha value is -2.54. The molecule has 2 aromatic carbocycles. The lowest BCUT2D eigenvalue weighted by molar-refractivity contribution is -0.139. The van der Waals surface area contributed by atoms with Gasteiger partial charge in [-0.15, -0.1) is 0 Å². The number of ether oxygens (including phenoxy) is 2. The molecule has 0 aliphatic heterocycles. The Balaban J connectivity index is 2.05. The number of benzene rings is 2. The maximum absolute atomic E-state index is 13.9. The van der Waals surface area contributed by atoms with Gasteiger partial charge in [0.1, 0.15) is 24.3 Å². The number of halogens is 3. The first-order chi connectivity index (χ1) is 11.4. The lowest BCUT2D eigenvalue weighted by Crippen LogP contribution is -2.14. The van der Waals surface area contributed by atoms with Crippen molar-refractivity contribution in [2.45, 2.75) is 12.5 Å². The van der Waals surface area contributed by atoms with E-state index in [1.54, 1.807) is 0 Å². The average Bonchev–Trinajstić information content (AvgIpc) is 2.53. The van der Waals surface area contributed by atoms with Crippen LogP contribution in [0.25, 0.3) is 0 Å². The van der Waals surface area contributed by atoms with E-state index < -0.39 is 41.7 Å². The van der Waals surface area contributed by atoms with Crippen LogP contribution in [0.1, 0.15) is 17.2 Å². The number of carbonyl (C=O) groups is 1. The molecule has 0 aliphatic rings. The number of aliphatic hydroxyl groups is 1. The quantitative estimate of drug-likeness (QED) is 0.822. The zero-order chi connectivity index (χ0) is 17.7. The highest BCUT2D eigenvalue weighted by atomic mass is 19.1. The van der Waals surface area contributed by atoms with E-state index in [4.69, 9.17) is 4.74 Å². The number of hydrogen-bond donors (Lipinski definition) is 1. The van der Waals surface area contributed by atoms with Crippen molar-refractivity contribution in [3.05, 3.63) is 65.0 Å². The molecular weight excluding hydrogens is 325 g/mol. The predicted molar refractivity (Wildman–Crippen MR) is 78.9 cm³/mol. The van der Waals surface area contributed by atoms with E-state index >= 15 is 0 Å². The Kier molecular flexibility index (Phi) is 5.81. The minimum Gasteiger partial charge on any atom is -0.487 e. The van der Waals surface area contributed by atoms with Gasteiger partial charge in [0, 0.05) is 0 Å². The standard InChI is InChI=1S/C17H15F3O4/c1-23-16(22)8-10-5-6-15(13(20)7-10)24-9-14(21)17-11(18)3-2-4-12(17)19/h2-7,14,21H,8-9H2,1H3. The second-order valence-corrected chi connectivity index (χ2v) is 4.98. The van der Waals surface area contributed by atoms with Crippen LogP contribution in [0.3, 0.4) is 0 Å². The molecule has 128 valence electrons. The highest BCUT2D eigenvalue weighted by Gasteiger charge is 2.19. The van der Waals surface area contributed by atoms with Crippen molar-refractivity contribution in [1.82, 2.24) is 0 Å². The van der Waals surface area contributed by atoms with Crippen LogP contribution in [-0.4, -0.2) is 24.8 Å². The van der Waals surface area contributed by atoms with Gasteiger partial charge in [0.05, 0.1) is 19.1 Å². The number of esters is 1. The molecule has 0 radical (unpaired) electrons. The normalized spacial score (nSPS) is 11.9. The fraction of sp³-hybridized carbons (Fsp3) is 0.235. The van der Waals surface area contributed by atoms with Gasteiger partial charge in [0.2, 0.25) is 0 Å². The van der Waals surface area contributed by atoms with E-state index in [2.05, 4.69) is 4.74 Å². The van der Waals surface area contributed by atoms with E-state index in [9.17, 15) is 23.1 Å². The molecule has 1 atom stereocenters. The smallest absolute Gasteiger partial charge is 0.309 e. The first kappa shape index (κ1) is 17.8. The van der Waals surface area contributed by atoms with E-state index in [1.807, 2.05) is 0 Å². The maximum atomic E-state index is 13.9. The fourth-order valence-electron chi connectivity index (χ4n) is 2.09. The van der Waals surface area contributed by atoms with E-state index in [1.165, 1.54) is 25.3 Å². The first-order valence-corrected chi connectivity index (χ1v) is 7.02. The molecule has 0 aliphatic carbocycles. The zero-order valence-corrected chi connectivity index (χ0v) is 12.8. The summed E-state index contributed by atoms with van der Waals surface area (Å²) >= 11 is 0. The molecule has 0 bridgehead atoms. The SMILES string of the molecule is COC(=O)Cc1ccc(OCC(O)c2c(F)cccc2F)c(F)c1. The van der Waals surface area contributed by atoms with Crippen molar-refractivity contribution >= 4 is 5.97 Å². The van der Waals surface area contributed by atoms with Crippen LogP contribution in [0.4, 0.5) is 13.2 Å². The summed E-state index contributed by atoms with van der Waals surface area (Å²) in [4.78, 5) is 11.1. The Labute approximate surface area is 136 Å². The summed E-state index contributed by atoms with van der Waals surface area (Å²) in [5.41, 5.74) is -0.160. The van der Waals surface area contributed by atoms with Crippen LogP contribution in [0.15, 0.2) is 36.4 Å². The Morgan fingerprint density at radius 2 is 1.79 bits per heavy atom. The van der Waals surface area contributed by atoms with Gasteiger partial charge in [0.25, 0.3) is 0 Å². The van der Waals surface area contributed by atoms with Crippen molar-refractivity contribution in [3.8, 4) is 5.75 Å². The molecule has 1 unspecified atom stereocenters. The van der Waals surface area contributed by atoms with Gasteiger partial charge in [-0.05, 0) is 29.8 Å². The highest BCUT2D eigenvalue weighted by molar-refractivity contribution is 5.72. The van der Waals surface area contributed by atoms with Crippen LogP contribution in [0.2, 0.25) is 0 Å². The largest absolute Gasteiger partial charge is 0.487 e. The third kappa shape index (κ3) is 4.26. The predicted octanol–water partition coefficient (Wildman–Crippen LogP) is 2.93. The second-order valence-electron chi connectivity index (χ2n) is 4.98. The molecule has 2 rings (SSSR count). The number of methoxy groups -OCH3 is 1. The summed E-state index contributed by atoms with van der Waals surface area (Å²) in [5.74, 6) is -3.33. The van der Waals surface area contributed by atoms with E-state index in [0.717, 1.165) is 18.2 Å². The molecule has 24 heavy (non-hydrogen) atoms. The van der Waals surface area contributed by atoms with Crippen LogP contribution in [0.5, 0.6) is 5.75 Å². The lowest BCUT2D eigenvalue weighted by Gasteiger charge is -2.15. The molecular formula is C17H15F3O4. The molecule has 7 heteroatoms. The summed E-state index contributed by atoms with van der Waals surface area (Å²) < 4.78 is 50.5. The topological polar surface area (TPSA) is 55.8 Å². The van der Waals surface area contributed by atoms with Crippen molar-refractivity contribution < 1.29 is 32.5 Å². The van der Waals surface area contributed by atoms with Gasteiger partial charge in [-0.3, -0.25) is 4.79 Å². The van der Waals surface area contributed by atoms with Crippen LogP contribution < -0.4 is 4.74 Å². The lowest BCUT2D eigenvalue weighted by atomic mass is 10.1. The number of hydrogen-bond acceptors (Lipinski definition) is 4. The van der Waals surface area contributed by atoms with Crippen molar-refractivity contribution in [1.29, 1.82) is 0 Å². The number of carbonyl (C=O) groups excluding carboxylic acids is 1. The van der Waals surface area contributed by atoms with Gasteiger partial charge >= 0.3 is 5.97 Å². The minimum absolute atomic E-state index is 0.100. The molecule has 0 spiro atoms. The molecule has 0 saturated carbocycles. The molecule has 0 heterocycles. The van der Waals surface area contributed by atoms with Crippen molar-refractivity contribution in [3.63, 3.8) is 0 Å². The summed E-state index contributed by atoms with van der Waals surface area (Å²) in [5, 5.41) is 9.85. The van der Waals surface area contributed by atoms with Gasteiger partial charge in [-0.1, -0.05) is 12.1 Å². The molecule has 2 aromatic rings. The third-order valence-corrected chi connectivity index (χ3v) is 3.30. The molecule has 0 fully saturated rings. The highest BCUT2D eigenvalue weighted by Crippen LogP contribution is 2.24. The summed E-state index contributed by atoms with van der Waals surface area (Å²) in [6.07, 6.45) is -1.70. The fourth-order valence-corrected chi connectivity index (χ4v) is 2.09. The van der Waals surface area contributed by atoms with Gasteiger partial charge in [0.15, 0.2) is 11.6 Å². The summed E-state index contributed by atoms with van der Waals surface area (Å²) in [6.45, 7) is -0.537. The van der Waals surface area contributed by atoms with E-state index in [0.29, 0.717) is 5.56 Å². The zero-order valence-electron chi connectivity index (χ0n) is 12.8. The van der Waals surface area contributed by atoms with Crippen LogP contribution >= 0.6 is 0 Å². The molecule has 0 saturated heterocycles.